The van der Waals surface area contributed by atoms with Crippen molar-refractivity contribution in [3.8, 4) is 0 Å². The lowest BCUT2D eigenvalue weighted by molar-refractivity contribution is 0.0700. The highest BCUT2D eigenvalue weighted by atomic mass is 16.3. The third kappa shape index (κ3) is 3.08. The second-order valence-corrected chi connectivity index (χ2v) is 6.47. The largest absolute Gasteiger partial charge is 0.459 e. The highest BCUT2D eigenvalue weighted by Crippen LogP contribution is 2.17. The van der Waals surface area contributed by atoms with Crippen LogP contribution in [0.4, 0.5) is 0 Å². The monoisotopic (exact) mass is 352 g/mol. The summed E-state index contributed by atoms with van der Waals surface area (Å²) in [6.07, 6.45) is 2.23. The van der Waals surface area contributed by atoms with Gasteiger partial charge in [-0.15, -0.1) is 0 Å². The quantitative estimate of drug-likeness (QED) is 0.768. The van der Waals surface area contributed by atoms with Gasteiger partial charge in [-0.25, -0.2) is 4.98 Å². The van der Waals surface area contributed by atoms with Crippen molar-refractivity contribution in [1.82, 2.24) is 19.8 Å². The van der Waals surface area contributed by atoms with Gasteiger partial charge in [0.25, 0.3) is 11.8 Å². The van der Waals surface area contributed by atoms with E-state index in [0.29, 0.717) is 37.5 Å². The van der Waals surface area contributed by atoms with Crippen molar-refractivity contribution < 1.29 is 14.0 Å². The van der Waals surface area contributed by atoms with Gasteiger partial charge in [0.05, 0.1) is 17.3 Å². The number of aryl methyl sites for hydroxylation is 1. The van der Waals surface area contributed by atoms with Crippen LogP contribution >= 0.6 is 0 Å². The molecule has 3 aromatic rings. The van der Waals surface area contributed by atoms with Crippen LogP contribution < -0.4 is 0 Å². The molecule has 26 heavy (non-hydrogen) atoms. The van der Waals surface area contributed by atoms with Gasteiger partial charge in [0.15, 0.2) is 5.76 Å². The average Bonchev–Trinajstić information content (AvgIpc) is 3.23. The number of carbonyl (C=O) groups excluding carboxylic acids is 2. The standard InChI is InChI=1S/C19H20N4O3/c1-13-20-15-6-5-14(12-16(15)21-13)18(24)22-7-3-8-23(10-9-22)19(25)17-4-2-11-26-17/h2,4-6,11-12H,3,7-10H2,1H3,(H,20,21). The summed E-state index contributed by atoms with van der Waals surface area (Å²) in [5.41, 5.74) is 2.34. The highest BCUT2D eigenvalue weighted by molar-refractivity contribution is 5.97. The summed E-state index contributed by atoms with van der Waals surface area (Å²) in [7, 11) is 0. The Morgan fingerprint density at radius 3 is 2.58 bits per heavy atom. The second kappa shape index (κ2) is 6.67. The number of nitrogens with one attached hydrogen (secondary N) is 1. The Labute approximate surface area is 150 Å². The number of fused-ring (bicyclic) bond motifs is 1. The van der Waals surface area contributed by atoms with E-state index in [1.54, 1.807) is 21.9 Å². The number of aromatic amines is 1. The molecular weight excluding hydrogens is 332 g/mol. The summed E-state index contributed by atoms with van der Waals surface area (Å²) in [5.74, 6) is 1.02. The molecule has 134 valence electrons. The van der Waals surface area contributed by atoms with E-state index >= 15 is 0 Å². The van der Waals surface area contributed by atoms with E-state index in [-0.39, 0.29) is 11.8 Å². The summed E-state index contributed by atoms with van der Waals surface area (Å²) in [6, 6.07) is 8.87. The molecule has 1 N–H and O–H groups in total. The first-order chi connectivity index (χ1) is 12.6. The molecule has 2 aromatic heterocycles. The van der Waals surface area contributed by atoms with Gasteiger partial charge in [-0.1, -0.05) is 0 Å². The van der Waals surface area contributed by atoms with E-state index in [0.717, 1.165) is 23.3 Å². The molecule has 0 spiro atoms. The predicted octanol–water partition coefficient (Wildman–Crippen LogP) is 2.45. The zero-order valence-electron chi connectivity index (χ0n) is 14.6. The predicted molar refractivity (Wildman–Crippen MR) is 96.0 cm³/mol. The molecule has 2 amide bonds. The zero-order valence-corrected chi connectivity index (χ0v) is 14.6. The Bertz CT molecular complexity index is 945. The number of furan rings is 1. The number of rotatable bonds is 2. The average molecular weight is 352 g/mol. The maximum absolute atomic E-state index is 12.9. The number of amides is 2. The minimum atomic E-state index is -0.126. The Morgan fingerprint density at radius 1 is 1.08 bits per heavy atom. The number of hydrogen-bond donors (Lipinski definition) is 1. The van der Waals surface area contributed by atoms with Crippen molar-refractivity contribution in [2.24, 2.45) is 0 Å². The van der Waals surface area contributed by atoms with Crippen LogP contribution in [0.5, 0.6) is 0 Å². The molecule has 0 radical (unpaired) electrons. The van der Waals surface area contributed by atoms with Crippen LogP contribution in [0.25, 0.3) is 11.0 Å². The molecule has 7 nitrogen and oxygen atoms in total. The smallest absolute Gasteiger partial charge is 0.289 e. The Balaban J connectivity index is 1.47. The highest BCUT2D eigenvalue weighted by Gasteiger charge is 2.24. The third-order valence-corrected chi connectivity index (χ3v) is 4.65. The number of hydrogen-bond acceptors (Lipinski definition) is 4. The van der Waals surface area contributed by atoms with Crippen LogP contribution in [0.2, 0.25) is 0 Å². The van der Waals surface area contributed by atoms with Crippen LogP contribution in [0, 0.1) is 6.92 Å². The summed E-state index contributed by atoms with van der Waals surface area (Å²) >= 11 is 0. The number of carbonyl (C=O) groups is 2. The van der Waals surface area contributed by atoms with Crippen molar-refractivity contribution in [3.63, 3.8) is 0 Å². The molecule has 0 atom stereocenters. The van der Waals surface area contributed by atoms with Gasteiger partial charge in [-0.2, -0.15) is 0 Å². The van der Waals surface area contributed by atoms with E-state index < -0.39 is 0 Å². The number of nitrogens with zero attached hydrogens (tertiary/aromatic N) is 3. The van der Waals surface area contributed by atoms with Gasteiger partial charge in [-0.05, 0) is 43.7 Å². The molecule has 0 saturated carbocycles. The molecule has 1 saturated heterocycles. The molecule has 1 aliphatic heterocycles. The topological polar surface area (TPSA) is 82.4 Å². The van der Waals surface area contributed by atoms with Crippen molar-refractivity contribution in [3.05, 3.63) is 53.7 Å². The third-order valence-electron chi connectivity index (χ3n) is 4.65. The van der Waals surface area contributed by atoms with Crippen LogP contribution in [-0.2, 0) is 0 Å². The first-order valence-electron chi connectivity index (χ1n) is 8.70. The fraction of sp³-hybridized carbons (Fsp3) is 0.316. The molecule has 1 aromatic carbocycles. The van der Waals surface area contributed by atoms with Gasteiger partial charge in [0.1, 0.15) is 5.82 Å². The molecule has 0 bridgehead atoms. The van der Waals surface area contributed by atoms with E-state index in [4.69, 9.17) is 4.42 Å². The molecule has 0 aliphatic carbocycles. The number of imidazole rings is 1. The summed E-state index contributed by atoms with van der Waals surface area (Å²) in [4.78, 5) is 36.4. The van der Waals surface area contributed by atoms with Crippen LogP contribution in [-0.4, -0.2) is 57.8 Å². The van der Waals surface area contributed by atoms with E-state index in [9.17, 15) is 9.59 Å². The molecule has 3 heterocycles. The second-order valence-electron chi connectivity index (χ2n) is 6.47. The molecular formula is C19H20N4O3. The molecule has 7 heteroatoms. The van der Waals surface area contributed by atoms with E-state index in [1.807, 2.05) is 25.1 Å². The number of aromatic nitrogens is 2. The van der Waals surface area contributed by atoms with Gasteiger partial charge >= 0.3 is 0 Å². The molecule has 1 aliphatic rings. The van der Waals surface area contributed by atoms with Crippen LogP contribution in [0.1, 0.15) is 33.2 Å². The lowest BCUT2D eigenvalue weighted by Gasteiger charge is -2.21. The van der Waals surface area contributed by atoms with Crippen molar-refractivity contribution in [1.29, 1.82) is 0 Å². The lowest BCUT2D eigenvalue weighted by Crippen LogP contribution is -2.37. The molecule has 0 unspecified atom stereocenters. The summed E-state index contributed by atoms with van der Waals surface area (Å²) < 4.78 is 5.19. The van der Waals surface area contributed by atoms with Gasteiger partial charge < -0.3 is 19.2 Å². The van der Waals surface area contributed by atoms with Gasteiger partial charge in [0.2, 0.25) is 0 Å². The van der Waals surface area contributed by atoms with E-state index in [2.05, 4.69) is 9.97 Å². The minimum absolute atomic E-state index is 0.0218. The van der Waals surface area contributed by atoms with E-state index in [1.165, 1.54) is 6.26 Å². The Hall–Kier alpha value is -3.09. The fourth-order valence-electron chi connectivity index (χ4n) is 3.33. The normalized spacial score (nSPS) is 15.3. The van der Waals surface area contributed by atoms with Crippen molar-refractivity contribution >= 4 is 22.8 Å². The maximum atomic E-state index is 12.9. The van der Waals surface area contributed by atoms with Crippen molar-refractivity contribution in [2.75, 3.05) is 26.2 Å². The Kier molecular flexibility index (Phi) is 4.20. The van der Waals surface area contributed by atoms with Crippen molar-refractivity contribution in [2.45, 2.75) is 13.3 Å². The first-order valence-corrected chi connectivity index (χ1v) is 8.70. The summed E-state index contributed by atoms with van der Waals surface area (Å²) in [6.45, 7) is 4.13. The SMILES string of the molecule is Cc1nc2ccc(C(=O)N3CCCN(C(=O)c4ccco4)CC3)cc2[nH]1. The zero-order chi connectivity index (χ0) is 18.1. The number of H-pyrrole nitrogens is 1. The number of benzene rings is 1. The van der Waals surface area contributed by atoms with Gasteiger partial charge in [-0.3, -0.25) is 9.59 Å². The van der Waals surface area contributed by atoms with Gasteiger partial charge in [0, 0.05) is 31.7 Å². The lowest BCUT2D eigenvalue weighted by atomic mass is 10.1. The summed E-state index contributed by atoms with van der Waals surface area (Å²) in [5, 5.41) is 0. The molecule has 4 rings (SSSR count). The van der Waals surface area contributed by atoms with Crippen LogP contribution in [0.3, 0.4) is 0 Å². The maximum Gasteiger partial charge on any atom is 0.289 e. The molecule has 1 fully saturated rings. The Morgan fingerprint density at radius 2 is 1.85 bits per heavy atom. The first kappa shape index (κ1) is 16.4. The minimum Gasteiger partial charge on any atom is -0.459 e. The van der Waals surface area contributed by atoms with Crippen LogP contribution in [0.15, 0.2) is 41.0 Å². The fourth-order valence-corrected chi connectivity index (χ4v) is 3.33.